The Hall–Kier alpha value is -3.17. The largest absolute Gasteiger partial charge is 0.448 e. The zero-order valence-corrected chi connectivity index (χ0v) is 13.7. The van der Waals surface area contributed by atoms with Crippen LogP contribution in [0.4, 0.5) is 13.2 Å². The van der Waals surface area contributed by atoms with Crippen molar-refractivity contribution in [2.24, 2.45) is 5.73 Å². The lowest BCUT2D eigenvalue weighted by Gasteiger charge is -2.17. The van der Waals surface area contributed by atoms with Crippen molar-refractivity contribution >= 4 is 11.9 Å². The third-order valence-electron chi connectivity index (χ3n) is 3.42. The number of nitrogens with two attached hydrogens (primary N) is 1. The highest BCUT2D eigenvalue weighted by atomic mass is 19.4. The Morgan fingerprint density at radius 3 is 2.46 bits per heavy atom. The number of aryl methyl sites for hydroxylation is 1. The van der Waals surface area contributed by atoms with Gasteiger partial charge >= 0.3 is 12.1 Å². The molecule has 138 valence electrons. The Labute approximate surface area is 145 Å². The molecule has 2 aromatic rings. The van der Waals surface area contributed by atoms with Gasteiger partial charge in [0, 0.05) is 11.8 Å². The maximum Gasteiger partial charge on any atom is 0.418 e. The Morgan fingerprint density at radius 1 is 1.27 bits per heavy atom. The Morgan fingerprint density at radius 2 is 1.88 bits per heavy atom. The summed E-state index contributed by atoms with van der Waals surface area (Å²) < 4.78 is 45.2. The number of rotatable bonds is 4. The second kappa shape index (κ2) is 6.98. The van der Waals surface area contributed by atoms with Crippen LogP contribution in [0.15, 0.2) is 35.1 Å². The number of para-hydroxylation sites is 1. The van der Waals surface area contributed by atoms with Gasteiger partial charge in [-0.2, -0.15) is 18.3 Å². The predicted octanol–water partition coefficient (Wildman–Crippen LogP) is 1.59. The van der Waals surface area contributed by atoms with Crippen LogP contribution >= 0.6 is 0 Å². The summed E-state index contributed by atoms with van der Waals surface area (Å²) in [6, 6.07) is 5.51. The van der Waals surface area contributed by atoms with Gasteiger partial charge in [0.25, 0.3) is 5.91 Å². The van der Waals surface area contributed by atoms with E-state index in [9.17, 15) is 27.6 Å². The van der Waals surface area contributed by atoms with Gasteiger partial charge in [-0.25, -0.2) is 9.48 Å². The second-order valence-electron chi connectivity index (χ2n) is 5.38. The molecule has 2 rings (SSSR count). The van der Waals surface area contributed by atoms with Crippen molar-refractivity contribution in [3.8, 4) is 5.69 Å². The zero-order chi connectivity index (χ0) is 19.6. The number of carbonyl (C=O) groups is 2. The minimum atomic E-state index is -4.67. The molecule has 0 aliphatic heterocycles. The standard InChI is InChI=1S/C16H14F3N3O4/c1-8-7-12(23)13(15(25)26-9(2)14(20)24)21-22(8)11-6-4-3-5-10(11)16(17,18)19/h3-7,9H,1-2H3,(H2,20,24)/t9-/m1/s1. The molecule has 0 radical (unpaired) electrons. The SMILES string of the molecule is Cc1cc(=O)c(C(=O)O[C@H](C)C(N)=O)nn1-c1ccccc1C(F)(F)F. The fourth-order valence-corrected chi connectivity index (χ4v) is 2.11. The normalized spacial score (nSPS) is 12.5. The molecule has 26 heavy (non-hydrogen) atoms. The monoisotopic (exact) mass is 369 g/mol. The highest BCUT2D eigenvalue weighted by Crippen LogP contribution is 2.33. The summed E-state index contributed by atoms with van der Waals surface area (Å²) in [4.78, 5) is 35.0. The minimum absolute atomic E-state index is 0.0752. The van der Waals surface area contributed by atoms with Crippen molar-refractivity contribution in [3.63, 3.8) is 0 Å². The molecule has 1 atom stereocenters. The average Bonchev–Trinajstić information content (AvgIpc) is 2.53. The van der Waals surface area contributed by atoms with Crippen LogP contribution in [0.1, 0.15) is 28.7 Å². The number of benzene rings is 1. The summed E-state index contributed by atoms with van der Waals surface area (Å²) in [7, 11) is 0. The van der Waals surface area contributed by atoms with E-state index in [1.54, 1.807) is 0 Å². The molecule has 0 unspecified atom stereocenters. The lowest BCUT2D eigenvalue weighted by molar-refractivity contribution is -0.137. The van der Waals surface area contributed by atoms with Crippen molar-refractivity contribution in [3.05, 3.63) is 57.5 Å². The fourth-order valence-electron chi connectivity index (χ4n) is 2.11. The lowest BCUT2D eigenvalue weighted by Crippen LogP contribution is -2.33. The van der Waals surface area contributed by atoms with Gasteiger partial charge in [0.2, 0.25) is 11.1 Å². The molecule has 0 aliphatic rings. The van der Waals surface area contributed by atoms with Crippen LogP contribution in [0.5, 0.6) is 0 Å². The fraction of sp³-hybridized carbons (Fsp3) is 0.250. The van der Waals surface area contributed by atoms with Crippen LogP contribution in [0.25, 0.3) is 5.69 Å². The molecule has 1 aromatic carbocycles. The summed E-state index contributed by atoms with van der Waals surface area (Å²) in [5, 5.41) is 3.71. The maximum atomic E-state index is 13.2. The smallest absolute Gasteiger partial charge is 0.418 e. The molecule has 1 amide bonds. The van der Waals surface area contributed by atoms with E-state index < -0.39 is 40.8 Å². The molecule has 1 aromatic heterocycles. The zero-order valence-electron chi connectivity index (χ0n) is 13.7. The summed E-state index contributed by atoms with van der Waals surface area (Å²) >= 11 is 0. The van der Waals surface area contributed by atoms with E-state index in [4.69, 9.17) is 10.5 Å². The summed E-state index contributed by atoms with van der Waals surface area (Å²) in [6.07, 6.45) is -6.00. The van der Waals surface area contributed by atoms with E-state index in [2.05, 4.69) is 5.10 Å². The number of alkyl halides is 3. The molecular weight excluding hydrogens is 355 g/mol. The molecular formula is C16H14F3N3O4. The van der Waals surface area contributed by atoms with E-state index in [-0.39, 0.29) is 11.4 Å². The van der Waals surface area contributed by atoms with Gasteiger partial charge < -0.3 is 10.5 Å². The number of ether oxygens (including phenoxy) is 1. The first kappa shape index (κ1) is 19.2. The molecule has 0 saturated heterocycles. The van der Waals surface area contributed by atoms with Gasteiger partial charge in [-0.3, -0.25) is 9.59 Å². The molecule has 0 fully saturated rings. The Balaban J connectivity index is 2.59. The molecule has 7 nitrogen and oxygen atoms in total. The quantitative estimate of drug-likeness (QED) is 0.824. The van der Waals surface area contributed by atoms with Crippen molar-refractivity contribution in [2.45, 2.75) is 26.1 Å². The third kappa shape index (κ3) is 3.90. The van der Waals surface area contributed by atoms with Crippen molar-refractivity contribution < 1.29 is 27.5 Å². The van der Waals surface area contributed by atoms with Crippen LogP contribution in [0.3, 0.4) is 0 Å². The van der Waals surface area contributed by atoms with Gasteiger partial charge in [0.1, 0.15) is 0 Å². The van der Waals surface area contributed by atoms with Crippen LogP contribution in [-0.2, 0) is 15.7 Å². The van der Waals surface area contributed by atoms with Crippen LogP contribution in [0, 0.1) is 6.92 Å². The van der Waals surface area contributed by atoms with E-state index in [1.165, 1.54) is 26.0 Å². The van der Waals surface area contributed by atoms with Gasteiger partial charge in [-0.05, 0) is 26.0 Å². The number of hydrogen-bond acceptors (Lipinski definition) is 5. The number of primary amides is 1. The number of amides is 1. The molecule has 0 aliphatic carbocycles. The third-order valence-corrected chi connectivity index (χ3v) is 3.42. The first-order valence-electron chi connectivity index (χ1n) is 7.30. The topological polar surface area (TPSA) is 104 Å². The number of nitrogens with zero attached hydrogens (tertiary/aromatic N) is 2. The van der Waals surface area contributed by atoms with Crippen LogP contribution < -0.4 is 11.2 Å². The van der Waals surface area contributed by atoms with Crippen LogP contribution in [0.2, 0.25) is 0 Å². The van der Waals surface area contributed by atoms with Gasteiger partial charge in [0.05, 0.1) is 11.3 Å². The number of aromatic nitrogens is 2. The molecule has 0 saturated carbocycles. The molecule has 0 bridgehead atoms. The van der Waals surface area contributed by atoms with Crippen molar-refractivity contribution in [2.75, 3.05) is 0 Å². The number of carbonyl (C=O) groups excluding carboxylic acids is 2. The van der Waals surface area contributed by atoms with E-state index in [0.29, 0.717) is 0 Å². The summed E-state index contributed by atoms with van der Waals surface area (Å²) in [6.45, 7) is 2.55. The molecule has 10 heteroatoms. The van der Waals surface area contributed by atoms with Gasteiger partial charge in [-0.1, -0.05) is 12.1 Å². The Bertz CT molecular complexity index is 922. The lowest BCUT2D eigenvalue weighted by atomic mass is 10.1. The number of halogens is 3. The van der Waals surface area contributed by atoms with Gasteiger partial charge in [-0.15, -0.1) is 0 Å². The number of hydrogen-bond donors (Lipinski definition) is 1. The van der Waals surface area contributed by atoms with Crippen molar-refractivity contribution in [1.29, 1.82) is 0 Å². The first-order valence-corrected chi connectivity index (χ1v) is 7.30. The summed E-state index contributed by atoms with van der Waals surface area (Å²) in [5.74, 6) is -2.22. The van der Waals surface area contributed by atoms with Crippen LogP contribution in [-0.4, -0.2) is 27.8 Å². The molecule has 1 heterocycles. The molecule has 0 spiro atoms. The van der Waals surface area contributed by atoms with E-state index in [0.717, 1.165) is 22.9 Å². The Kier molecular flexibility index (Phi) is 5.15. The second-order valence-corrected chi connectivity index (χ2v) is 5.38. The predicted molar refractivity (Wildman–Crippen MR) is 83.6 cm³/mol. The highest BCUT2D eigenvalue weighted by Gasteiger charge is 2.34. The minimum Gasteiger partial charge on any atom is -0.448 e. The van der Waals surface area contributed by atoms with E-state index >= 15 is 0 Å². The van der Waals surface area contributed by atoms with Gasteiger partial charge in [0.15, 0.2) is 6.10 Å². The van der Waals surface area contributed by atoms with E-state index in [1.807, 2.05) is 0 Å². The maximum absolute atomic E-state index is 13.2. The average molecular weight is 369 g/mol. The first-order chi connectivity index (χ1) is 12.0. The summed E-state index contributed by atoms with van der Waals surface area (Å²) in [5.41, 5.74) is 2.06. The highest BCUT2D eigenvalue weighted by molar-refractivity contribution is 5.90. The number of esters is 1. The molecule has 2 N–H and O–H groups in total. The van der Waals surface area contributed by atoms with Crippen molar-refractivity contribution in [1.82, 2.24) is 9.78 Å².